The van der Waals surface area contributed by atoms with Crippen LogP contribution in [0.2, 0.25) is 0 Å². The maximum atomic E-state index is 12.9. The summed E-state index contributed by atoms with van der Waals surface area (Å²) in [7, 11) is 0. The van der Waals surface area contributed by atoms with Crippen molar-refractivity contribution in [2.24, 2.45) is 45.7 Å². The molecule has 2 amide bonds. The molecule has 5 aliphatic rings. The van der Waals surface area contributed by atoms with Gasteiger partial charge in [-0.1, -0.05) is 46.0 Å². The first kappa shape index (κ1) is 23.6. The largest absolute Gasteiger partial charge is 0.370 e. The zero-order valence-electron chi connectivity index (χ0n) is 20.2. The van der Waals surface area contributed by atoms with E-state index in [1.165, 1.54) is 57.8 Å². The molecule has 6 nitrogen and oxygen atoms in total. The van der Waals surface area contributed by atoms with E-state index in [4.69, 9.17) is 5.73 Å². The van der Waals surface area contributed by atoms with Crippen LogP contribution in [-0.4, -0.2) is 30.4 Å². The lowest BCUT2D eigenvalue weighted by atomic mass is 9.49. The first-order valence-electron chi connectivity index (χ1n) is 13.2. The summed E-state index contributed by atoms with van der Waals surface area (Å²) < 4.78 is 0. The van der Waals surface area contributed by atoms with Gasteiger partial charge in [0.25, 0.3) is 0 Å². The predicted molar refractivity (Wildman–Crippen MR) is 128 cm³/mol. The van der Waals surface area contributed by atoms with Crippen LogP contribution >= 0.6 is 0 Å². The minimum atomic E-state index is -0.517. The molecule has 4 bridgehead atoms. The number of nitrogens with one attached hydrogen (secondary N) is 2. The van der Waals surface area contributed by atoms with Gasteiger partial charge in [0.1, 0.15) is 6.04 Å². The van der Waals surface area contributed by atoms with E-state index in [0.29, 0.717) is 24.8 Å². The van der Waals surface area contributed by atoms with Gasteiger partial charge in [0.05, 0.1) is 0 Å². The average Bonchev–Trinajstić information content (AvgIpc) is 2.70. The minimum absolute atomic E-state index is 0.0211. The summed E-state index contributed by atoms with van der Waals surface area (Å²) in [6.45, 7) is 4.80. The maximum absolute atomic E-state index is 12.9. The number of carbonyl (C=O) groups excluding carboxylic acids is 2. The van der Waals surface area contributed by atoms with Crippen molar-refractivity contribution in [2.45, 2.75) is 103 Å². The highest BCUT2D eigenvalue weighted by molar-refractivity contribution is 5.97. The van der Waals surface area contributed by atoms with E-state index in [1.807, 2.05) is 0 Å². The zero-order valence-corrected chi connectivity index (χ0v) is 20.2. The van der Waals surface area contributed by atoms with Crippen LogP contribution in [0.5, 0.6) is 0 Å². The minimum Gasteiger partial charge on any atom is -0.370 e. The Bertz CT molecular complexity index is 675. The predicted octanol–water partition coefficient (Wildman–Crippen LogP) is 4.14. The molecule has 0 aromatic carbocycles. The Morgan fingerprint density at radius 1 is 1.00 bits per heavy atom. The van der Waals surface area contributed by atoms with Crippen LogP contribution in [0.3, 0.4) is 0 Å². The lowest BCUT2D eigenvalue weighted by Gasteiger charge is -2.56. The van der Waals surface area contributed by atoms with Crippen molar-refractivity contribution in [1.29, 1.82) is 0 Å². The van der Waals surface area contributed by atoms with Gasteiger partial charge in [0, 0.05) is 13.0 Å². The smallest absolute Gasteiger partial charge is 0.244 e. The van der Waals surface area contributed by atoms with Gasteiger partial charge in [-0.15, -0.1) is 0 Å². The highest BCUT2D eigenvalue weighted by Crippen LogP contribution is 2.61. The number of amides is 2. The van der Waals surface area contributed by atoms with E-state index >= 15 is 0 Å². The topological polar surface area (TPSA) is 96.6 Å². The number of carbonyl (C=O) groups is 2. The Kier molecular flexibility index (Phi) is 7.46. The number of hydrogen-bond acceptors (Lipinski definition) is 3. The first-order valence-corrected chi connectivity index (χ1v) is 13.2. The molecule has 0 radical (unpaired) electrons. The van der Waals surface area contributed by atoms with E-state index in [0.717, 1.165) is 37.0 Å². The summed E-state index contributed by atoms with van der Waals surface area (Å²) in [6.07, 6.45) is 15.0. The van der Waals surface area contributed by atoms with Gasteiger partial charge in [-0.25, -0.2) is 4.99 Å². The van der Waals surface area contributed by atoms with Crippen molar-refractivity contribution in [3.05, 3.63) is 0 Å². The van der Waals surface area contributed by atoms with Gasteiger partial charge in [-0.05, 0) is 80.0 Å². The molecule has 0 spiro atoms. The Morgan fingerprint density at radius 3 is 2.16 bits per heavy atom. The Labute approximate surface area is 193 Å². The molecule has 1 atom stereocenters. The Morgan fingerprint density at radius 2 is 1.59 bits per heavy atom. The van der Waals surface area contributed by atoms with Crippen LogP contribution in [-0.2, 0) is 9.59 Å². The van der Waals surface area contributed by atoms with E-state index in [9.17, 15) is 9.59 Å². The molecule has 5 aliphatic carbocycles. The summed E-state index contributed by atoms with van der Waals surface area (Å²) in [6, 6.07) is -0.517. The quantitative estimate of drug-likeness (QED) is 0.388. The third-order valence-electron chi connectivity index (χ3n) is 8.53. The lowest BCUT2D eigenvalue weighted by Crippen LogP contribution is -2.49. The van der Waals surface area contributed by atoms with E-state index in [1.54, 1.807) is 0 Å². The summed E-state index contributed by atoms with van der Waals surface area (Å²) >= 11 is 0. The molecule has 0 heterocycles. The third-order valence-corrected chi connectivity index (χ3v) is 8.53. The van der Waals surface area contributed by atoms with Crippen molar-refractivity contribution in [3.8, 4) is 0 Å². The van der Waals surface area contributed by atoms with E-state index in [-0.39, 0.29) is 23.2 Å². The zero-order chi connectivity index (χ0) is 22.7. The molecule has 0 aromatic heterocycles. The van der Waals surface area contributed by atoms with Gasteiger partial charge < -0.3 is 11.1 Å². The Hall–Kier alpha value is -1.59. The Balaban J connectivity index is 1.36. The number of nitrogens with two attached hydrogens (primary N) is 1. The normalized spacial score (nSPS) is 33.3. The second-order valence-electron chi connectivity index (χ2n) is 12.1. The van der Waals surface area contributed by atoms with Crippen molar-refractivity contribution in [3.63, 3.8) is 0 Å². The van der Waals surface area contributed by atoms with Crippen LogP contribution in [0.4, 0.5) is 0 Å². The van der Waals surface area contributed by atoms with Gasteiger partial charge in [-0.3, -0.25) is 14.9 Å². The number of guanidine groups is 1. The number of rotatable bonds is 8. The summed E-state index contributed by atoms with van der Waals surface area (Å²) in [5.41, 5.74) is 6.36. The fraction of sp³-hybridized carbons (Fsp3) is 0.885. The highest BCUT2D eigenvalue weighted by Gasteiger charge is 2.51. The fourth-order valence-electron chi connectivity index (χ4n) is 7.61. The van der Waals surface area contributed by atoms with Gasteiger partial charge in [0.2, 0.25) is 11.8 Å². The molecule has 5 rings (SSSR count). The molecule has 1 unspecified atom stereocenters. The van der Waals surface area contributed by atoms with Gasteiger partial charge >= 0.3 is 0 Å². The van der Waals surface area contributed by atoms with Crippen LogP contribution in [0.1, 0.15) is 97.3 Å². The number of hydrogen-bond donors (Lipinski definition) is 3. The van der Waals surface area contributed by atoms with Crippen LogP contribution in [0.25, 0.3) is 0 Å². The molecule has 5 saturated carbocycles. The fourth-order valence-corrected chi connectivity index (χ4v) is 7.61. The van der Waals surface area contributed by atoms with Crippen LogP contribution in [0.15, 0.2) is 4.99 Å². The molecule has 6 heteroatoms. The van der Waals surface area contributed by atoms with Crippen LogP contribution < -0.4 is 16.4 Å². The van der Waals surface area contributed by atoms with Crippen LogP contribution in [0, 0.1) is 35.0 Å². The van der Waals surface area contributed by atoms with Gasteiger partial charge in [-0.2, -0.15) is 0 Å². The molecule has 4 N–H and O–H groups in total. The molecule has 180 valence electrons. The molecule has 0 aliphatic heterocycles. The maximum Gasteiger partial charge on any atom is 0.244 e. The van der Waals surface area contributed by atoms with E-state index in [2.05, 4.69) is 29.5 Å². The van der Waals surface area contributed by atoms with Crippen molar-refractivity contribution >= 4 is 17.8 Å². The summed E-state index contributed by atoms with van der Waals surface area (Å²) in [5.74, 6) is 3.39. The van der Waals surface area contributed by atoms with Crippen molar-refractivity contribution < 1.29 is 9.59 Å². The SMILES string of the molecule is CC(C)CNC(=O)C(CC1CCCCC1)N=C(N)NC(=O)CC12CC3CC(CC(C3)C1)C2. The third kappa shape index (κ3) is 6.05. The molecule has 5 fully saturated rings. The summed E-state index contributed by atoms with van der Waals surface area (Å²) in [4.78, 5) is 30.3. The first-order chi connectivity index (χ1) is 15.3. The summed E-state index contributed by atoms with van der Waals surface area (Å²) in [5, 5.41) is 5.87. The second kappa shape index (κ2) is 10.1. The van der Waals surface area contributed by atoms with E-state index < -0.39 is 6.04 Å². The second-order valence-corrected chi connectivity index (χ2v) is 12.1. The number of aliphatic imine (C=N–C) groups is 1. The standard InChI is InChI=1S/C26H44N4O2/c1-17(2)16-28-24(32)22(11-18-6-4-3-5-7-18)29-25(27)30-23(31)15-26-12-19-8-20(13-26)10-21(9-19)14-26/h17-22H,3-16H2,1-2H3,(H,28,32)(H3,27,29,30,31). The molecule has 0 saturated heterocycles. The monoisotopic (exact) mass is 444 g/mol. The molecular formula is C26H44N4O2. The van der Waals surface area contributed by atoms with Crippen molar-refractivity contribution in [1.82, 2.24) is 10.6 Å². The highest BCUT2D eigenvalue weighted by atomic mass is 16.2. The molecular weight excluding hydrogens is 400 g/mol. The average molecular weight is 445 g/mol. The van der Waals surface area contributed by atoms with Gasteiger partial charge in [0.15, 0.2) is 5.96 Å². The molecule has 0 aromatic rings. The molecule has 32 heavy (non-hydrogen) atoms. The lowest BCUT2D eigenvalue weighted by molar-refractivity contribution is -0.128. The number of nitrogens with zero attached hydrogens (tertiary/aromatic N) is 1. The van der Waals surface area contributed by atoms with Crippen molar-refractivity contribution in [2.75, 3.05) is 6.54 Å².